The second kappa shape index (κ2) is 4.18. The first-order valence-corrected chi connectivity index (χ1v) is 7.25. The van der Waals surface area contributed by atoms with E-state index in [1.165, 1.54) is 38.5 Å². The van der Waals surface area contributed by atoms with Gasteiger partial charge in [-0.25, -0.2) is 4.98 Å². The maximum absolute atomic E-state index is 4.25. The molecule has 0 saturated heterocycles. The van der Waals surface area contributed by atoms with E-state index < -0.39 is 0 Å². The predicted molar refractivity (Wildman–Crippen MR) is 72.9 cm³/mol. The zero-order valence-corrected chi connectivity index (χ0v) is 11.0. The fraction of sp³-hybridized carbons (Fsp3) is 0.643. The molecule has 5 heteroatoms. The van der Waals surface area contributed by atoms with E-state index >= 15 is 0 Å². The number of nitrogens with one attached hydrogen (secondary N) is 1. The third-order valence-electron chi connectivity index (χ3n) is 5.13. The van der Waals surface area contributed by atoms with Gasteiger partial charge >= 0.3 is 0 Å². The number of aromatic nitrogens is 4. The number of anilines is 1. The van der Waals surface area contributed by atoms with E-state index in [4.69, 9.17) is 0 Å². The van der Waals surface area contributed by atoms with Gasteiger partial charge < -0.3 is 5.32 Å². The lowest BCUT2D eigenvalue weighted by Crippen LogP contribution is -2.46. The van der Waals surface area contributed by atoms with E-state index in [1.54, 1.807) is 12.5 Å². The highest BCUT2D eigenvalue weighted by atomic mass is 15.3. The van der Waals surface area contributed by atoms with Crippen LogP contribution in [-0.4, -0.2) is 26.1 Å². The van der Waals surface area contributed by atoms with Crippen molar-refractivity contribution in [1.82, 2.24) is 19.6 Å². The number of fused-ring (bicyclic) bond motifs is 1. The van der Waals surface area contributed by atoms with Gasteiger partial charge in [0.2, 0.25) is 0 Å². The molecule has 1 N–H and O–H groups in total. The van der Waals surface area contributed by atoms with E-state index in [1.807, 2.05) is 10.7 Å². The summed E-state index contributed by atoms with van der Waals surface area (Å²) in [6.07, 6.45) is 13.6. The maximum atomic E-state index is 4.25. The average Bonchev–Trinajstić information content (AvgIpc) is 2.78. The summed E-state index contributed by atoms with van der Waals surface area (Å²) in [6.45, 7) is 1.05. The van der Waals surface area contributed by atoms with Crippen LogP contribution in [0.1, 0.15) is 38.5 Å². The minimum Gasteiger partial charge on any atom is -0.368 e. The molecular formula is C14H19N5. The monoisotopic (exact) mass is 257 g/mol. The number of nitrogens with zero attached hydrogens (tertiary/aromatic N) is 4. The maximum Gasteiger partial charge on any atom is 0.175 e. The van der Waals surface area contributed by atoms with Crippen molar-refractivity contribution >= 4 is 11.5 Å². The first-order valence-electron chi connectivity index (χ1n) is 7.25. The van der Waals surface area contributed by atoms with Crippen molar-refractivity contribution in [2.75, 3.05) is 11.9 Å². The smallest absolute Gasteiger partial charge is 0.175 e. The Labute approximate surface area is 112 Å². The molecule has 2 aromatic rings. The highest BCUT2D eigenvalue weighted by Crippen LogP contribution is 2.54. The van der Waals surface area contributed by atoms with Crippen molar-refractivity contribution in [2.45, 2.75) is 38.5 Å². The Morgan fingerprint density at radius 2 is 2.16 bits per heavy atom. The third-order valence-corrected chi connectivity index (χ3v) is 5.13. The van der Waals surface area contributed by atoms with E-state index in [2.05, 4.69) is 20.4 Å². The van der Waals surface area contributed by atoms with Crippen molar-refractivity contribution in [3.05, 3.63) is 18.7 Å². The van der Waals surface area contributed by atoms with Crippen LogP contribution in [-0.2, 0) is 0 Å². The van der Waals surface area contributed by atoms with Gasteiger partial charge in [0.25, 0.3) is 0 Å². The van der Waals surface area contributed by atoms with E-state index in [0.717, 1.165) is 23.9 Å². The minimum absolute atomic E-state index is 0.543. The third kappa shape index (κ3) is 1.71. The van der Waals surface area contributed by atoms with Gasteiger partial charge in [0.15, 0.2) is 5.65 Å². The molecule has 0 atom stereocenters. The Bertz CT molecular complexity index is 582. The fourth-order valence-corrected chi connectivity index (χ4v) is 3.52. The van der Waals surface area contributed by atoms with Gasteiger partial charge in [0.1, 0.15) is 12.1 Å². The van der Waals surface area contributed by atoms with E-state index in [-0.39, 0.29) is 0 Å². The quantitative estimate of drug-likeness (QED) is 0.914. The van der Waals surface area contributed by atoms with Crippen LogP contribution in [0.3, 0.4) is 0 Å². The Morgan fingerprint density at radius 3 is 2.84 bits per heavy atom. The molecule has 4 rings (SSSR count). The lowest BCUT2D eigenvalue weighted by Gasteiger charge is -2.52. The molecule has 2 heterocycles. The summed E-state index contributed by atoms with van der Waals surface area (Å²) in [5.74, 6) is 1.90. The molecule has 100 valence electrons. The van der Waals surface area contributed by atoms with Crippen molar-refractivity contribution in [2.24, 2.45) is 11.3 Å². The van der Waals surface area contributed by atoms with Gasteiger partial charge in [-0.3, -0.25) is 4.98 Å². The Kier molecular flexibility index (Phi) is 2.47. The number of hydrogen-bond acceptors (Lipinski definition) is 4. The molecule has 0 unspecified atom stereocenters. The summed E-state index contributed by atoms with van der Waals surface area (Å²) < 4.78 is 1.83. The lowest BCUT2D eigenvalue weighted by atomic mass is 9.55. The van der Waals surface area contributed by atoms with Crippen molar-refractivity contribution in [3.8, 4) is 0 Å². The number of hydrogen-bond donors (Lipinski definition) is 1. The highest BCUT2D eigenvalue weighted by Gasteiger charge is 2.45. The van der Waals surface area contributed by atoms with E-state index in [0.29, 0.717) is 5.41 Å². The predicted octanol–water partition coefficient (Wildman–Crippen LogP) is 2.51. The van der Waals surface area contributed by atoms with Crippen LogP contribution in [0.15, 0.2) is 18.7 Å². The summed E-state index contributed by atoms with van der Waals surface area (Å²) in [7, 11) is 0. The van der Waals surface area contributed by atoms with E-state index in [9.17, 15) is 0 Å². The molecule has 5 nitrogen and oxygen atoms in total. The fourth-order valence-electron chi connectivity index (χ4n) is 3.52. The molecule has 0 amide bonds. The van der Waals surface area contributed by atoms with Crippen LogP contribution in [0.25, 0.3) is 5.65 Å². The molecule has 0 bridgehead atoms. The second-order valence-electron chi connectivity index (χ2n) is 6.02. The SMILES string of the molecule is c1nc2cncc(NCC3(C4CCC4)CCC3)n2n1. The standard InChI is InChI=1S/C14H19N5/c1-3-11(4-1)14(5-2-6-14)9-16-12-7-15-8-13-17-10-18-19(12)13/h7-8,10-11,16H,1-6,9H2. The first-order chi connectivity index (χ1) is 9.37. The zero-order valence-electron chi connectivity index (χ0n) is 11.0. The second-order valence-corrected chi connectivity index (χ2v) is 6.02. The molecule has 0 aromatic carbocycles. The van der Waals surface area contributed by atoms with Gasteiger partial charge in [-0.05, 0) is 37.0 Å². The minimum atomic E-state index is 0.543. The van der Waals surface area contributed by atoms with Gasteiger partial charge in [-0.2, -0.15) is 9.61 Å². The van der Waals surface area contributed by atoms with Crippen LogP contribution >= 0.6 is 0 Å². The zero-order chi connectivity index (χ0) is 12.7. The summed E-state index contributed by atoms with van der Waals surface area (Å²) >= 11 is 0. The first kappa shape index (κ1) is 11.2. The molecule has 2 aliphatic carbocycles. The largest absolute Gasteiger partial charge is 0.368 e. The Morgan fingerprint density at radius 1 is 1.26 bits per heavy atom. The Hall–Kier alpha value is -1.65. The molecule has 2 fully saturated rings. The summed E-state index contributed by atoms with van der Waals surface area (Å²) in [6, 6.07) is 0. The topological polar surface area (TPSA) is 55.1 Å². The molecular weight excluding hydrogens is 238 g/mol. The van der Waals surface area contributed by atoms with Crippen LogP contribution in [0.5, 0.6) is 0 Å². The van der Waals surface area contributed by atoms with Gasteiger partial charge in [0.05, 0.1) is 12.4 Å². The summed E-state index contributed by atoms with van der Waals surface area (Å²) in [5, 5.41) is 7.81. The van der Waals surface area contributed by atoms with Crippen LogP contribution in [0.4, 0.5) is 5.82 Å². The lowest BCUT2D eigenvalue weighted by molar-refractivity contribution is 0.0151. The number of rotatable bonds is 4. The van der Waals surface area contributed by atoms with Crippen LogP contribution < -0.4 is 5.32 Å². The summed E-state index contributed by atoms with van der Waals surface area (Å²) in [5.41, 5.74) is 1.34. The average molecular weight is 257 g/mol. The Balaban J connectivity index is 1.53. The van der Waals surface area contributed by atoms with Crippen LogP contribution in [0, 0.1) is 11.3 Å². The van der Waals surface area contributed by atoms with Crippen molar-refractivity contribution in [1.29, 1.82) is 0 Å². The molecule has 0 aliphatic heterocycles. The molecule has 19 heavy (non-hydrogen) atoms. The molecule has 0 radical (unpaired) electrons. The van der Waals surface area contributed by atoms with Crippen molar-refractivity contribution in [3.63, 3.8) is 0 Å². The summed E-state index contributed by atoms with van der Waals surface area (Å²) in [4.78, 5) is 8.39. The molecule has 2 saturated carbocycles. The van der Waals surface area contributed by atoms with Crippen molar-refractivity contribution < 1.29 is 0 Å². The van der Waals surface area contributed by atoms with Gasteiger partial charge in [-0.15, -0.1) is 0 Å². The molecule has 0 spiro atoms. The molecule has 2 aromatic heterocycles. The van der Waals surface area contributed by atoms with Gasteiger partial charge in [-0.1, -0.05) is 12.8 Å². The molecule has 2 aliphatic rings. The normalized spacial score (nSPS) is 21.9. The van der Waals surface area contributed by atoms with Crippen LogP contribution in [0.2, 0.25) is 0 Å². The highest BCUT2D eigenvalue weighted by molar-refractivity contribution is 5.44. The van der Waals surface area contributed by atoms with Gasteiger partial charge in [0, 0.05) is 6.54 Å².